The zero-order valence-electron chi connectivity index (χ0n) is 49.7. The summed E-state index contributed by atoms with van der Waals surface area (Å²) < 4.78 is 0. The van der Waals surface area contributed by atoms with Crippen LogP contribution in [0.4, 0.5) is 51.2 Å². The van der Waals surface area contributed by atoms with E-state index >= 15 is 0 Å². The first-order valence-electron chi connectivity index (χ1n) is 28.5. The quantitative estimate of drug-likeness (QED) is 0.154. The van der Waals surface area contributed by atoms with Crippen LogP contribution in [0.15, 0.2) is 146 Å². The second kappa shape index (κ2) is 18.2. The Morgan fingerprint density at radius 2 is 0.935 bits per heavy atom. The number of para-hydroxylation sites is 1. The van der Waals surface area contributed by atoms with Crippen LogP contribution in [-0.4, -0.2) is 6.71 Å². The lowest BCUT2D eigenvalue weighted by molar-refractivity contribution is 0.332. The van der Waals surface area contributed by atoms with Crippen molar-refractivity contribution in [3.8, 4) is 11.1 Å². The van der Waals surface area contributed by atoms with E-state index in [0.717, 1.165) is 29.9 Å². The summed E-state index contributed by atoms with van der Waals surface area (Å²) in [5.74, 6) is 0. The van der Waals surface area contributed by atoms with Crippen molar-refractivity contribution in [1.29, 1.82) is 0 Å². The molecule has 8 aromatic carbocycles. The molecule has 11 rings (SSSR count). The van der Waals surface area contributed by atoms with Crippen molar-refractivity contribution >= 4 is 74.3 Å². The van der Waals surface area contributed by atoms with Gasteiger partial charge in [0, 0.05) is 39.7 Å². The van der Waals surface area contributed by atoms with Crippen LogP contribution < -0.4 is 31.1 Å². The van der Waals surface area contributed by atoms with Crippen molar-refractivity contribution in [2.24, 2.45) is 0 Å². The van der Waals surface area contributed by atoms with E-state index in [1.807, 2.05) is 0 Å². The molecule has 0 N–H and O–H groups in total. The average Bonchev–Trinajstić information content (AvgIpc) is 3.51. The van der Waals surface area contributed by atoms with Gasteiger partial charge in [-0.1, -0.05) is 181 Å². The number of rotatable bonds is 6. The van der Waals surface area contributed by atoms with E-state index in [9.17, 15) is 0 Å². The molecule has 0 radical (unpaired) electrons. The van der Waals surface area contributed by atoms with Crippen LogP contribution in [0.2, 0.25) is 0 Å². The Kier molecular flexibility index (Phi) is 12.3. The van der Waals surface area contributed by atoms with Crippen molar-refractivity contribution in [2.75, 3.05) is 14.7 Å². The summed E-state index contributed by atoms with van der Waals surface area (Å²) in [6.45, 7) is 42.4. The maximum absolute atomic E-state index is 2.68. The average molecular weight is 1010 g/mol. The van der Waals surface area contributed by atoms with Crippen LogP contribution in [0, 0.1) is 34.6 Å². The van der Waals surface area contributed by atoms with Crippen molar-refractivity contribution in [2.45, 2.75) is 165 Å². The second-order valence-corrected chi connectivity index (χ2v) is 27.7. The Balaban J connectivity index is 1.26. The van der Waals surface area contributed by atoms with Gasteiger partial charge in [-0.15, -0.1) is 0 Å². The Bertz CT molecular complexity index is 3600. The molecule has 1 aliphatic carbocycles. The summed E-state index contributed by atoms with van der Waals surface area (Å²) in [5.41, 5.74) is 30.8. The molecule has 0 amide bonds. The van der Waals surface area contributed by atoms with Crippen LogP contribution >= 0.6 is 0 Å². The molecule has 2 heterocycles. The predicted molar refractivity (Wildman–Crippen MR) is 336 cm³/mol. The SMILES string of the molecule is Cc1cc2c3c(c1)N(c1c(C)cccc1C)c1cc4c(cc1B3c1ccc(N(c3ccc(C(C)(C)C)cc3)c3ccc(C(C)(C)C)cc3-c3ccccc3)cc1N2c1c(C)cc(C(C)(C)C)cc1C)C(C)(C)CCC4(C)C. The van der Waals surface area contributed by atoms with E-state index in [2.05, 4.69) is 285 Å². The third kappa shape index (κ3) is 8.83. The Labute approximate surface area is 463 Å². The lowest BCUT2D eigenvalue weighted by atomic mass is 9.33. The minimum Gasteiger partial charge on any atom is -0.311 e. The summed E-state index contributed by atoms with van der Waals surface area (Å²) in [5, 5.41) is 0. The fourth-order valence-corrected chi connectivity index (χ4v) is 13.3. The molecule has 0 atom stereocenters. The summed E-state index contributed by atoms with van der Waals surface area (Å²) in [7, 11) is 0. The highest BCUT2D eigenvalue weighted by Crippen LogP contribution is 2.53. The summed E-state index contributed by atoms with van der Waals surface area (Å²) in [4.78, 5) is 7.90. The highest BCUT2D eigenvalue weighted by molar-refractivity contribution is 7.00. The molecule has 0 spiro atoms. The Morgan fingerprint density at radius 1 is 0.429 bits per heavy atom. The number of fused-ring (bicyclic) bond motifs is 5. The Hall–Kier alpha value is -6.78. The predicted octanol–water partition coefficient (Wildman–Crippen LogP) is 18.7. The fraction of sp³-hybridized carbons (Fsp3) is 0.342. The molecule has 4 heteroatoms. The highest BCUT2D eigenvalue weighted by Gasteiger charge is 2.47. The van der Waals surface area contributed by atoms with Crippen LogP contribution in [0.1, 0.15) is 158 Å². The molecule has 0 saturated carbocycles. The second-order valence-electron chi connectivity index (χ2n) is 27.7. The summed E-state index contributed by atoms with van der Waals surface area (Å²) in [6, 6.07) is 57.1. The number of hydrogen-bond donors (Lipinski definition) is 0. The molecule has 0 unspecified atom stereocenters. The van der Waals surface area contributed by atoms with Gasteiger partial charge in [-0.05, 0) is 207 Å². The molecule has 0 bridgehead atoms. The van der Waals surface area contributed by atoms with Crippen molar-refractivity contribution < 1.29 is 0 Å². The molecule has 392 valence electrons. The van der Waals surface area contributed by atoms with Gasteiger partial charge < -0.3 is 14.7 Å². The monoisotopic (exact) mass is 1010 g/mol. The molecule has 2 aliphatic heterocycles. The highest BCUT2D eigenvalue weighted by atomic mass is 15.2. The van der Waals surface area contributed by atoms with Crippen LogP contribution in [0.5, 0.6) is 0 Å². The Morgan fingerprint density at radius 3 is 1.49 bits per heavy atom. The minimum absolute atomic E-state index is 0.00619. The van der Waals surface area contributed by atoms with Crippen molar-refractivity contribution in [1.82, 2.24) is 0 Å². The zero-order valence-corrected chi connectivity index (χ0v) is 49.7. The number of anilines is 9. The fourth-order valence-electron chi connectivity index (χ4n) is 13.3. The molecule has 0 aromatic heterocycles. The smallest absolute Gasteiger partial charge is 0.252 e. The summed E-state index contributed by atoms with van der Waals surface area (Å²) in [6.07, 6.45) is 2.31. The van der Waals surface area contributed by atoms with E-state index in [-0.39, 0.29) is 33.8 Å². The van der Waals surface area contributed by atoms with Gasteiger partial charge in [0.2, 0.25) is 0 Å². The van der Waals surface area contributed by atoms with E-state index in [1.165, 1.54) is 117 Å². The first kappa shape index (κ1) is 52.3. The molecule has 77 heavy (non-hydrogen) atoms. The van der Waals surface area contributed by atoms with E-state index in [4.69, 9.17) is 0 Å². The largest absolute Gasteiger partial charge is 0.311 e. The first-order chi connectivity index (χ1) is 36.1. The summed E-state index contributed by atoms with van der Waals surface area (Å²) >= 11 is 0. The molecular weight excluding hydrogens is 930 g/mol. The van der Waals surface area contributed by atoms with Gasteiger partial charge in [0.15, 0.2) is 0 Å². The number of hydrogen-bond acceptors (Lipinski definition) is 3. The van der Waals surface area contributed by atoms with Crippen molar-refractivity contribution in [3.05, 3.63) is 201 Å². The zero-order chi connectivity index (χ0) is 55.1. The van der Waals surface area contributed by atoms with Gasteiger partial charge in [-0.2, -0.15) is 0 Å². The molecule has 3 aliphatic rings. The molecule has 8 aromatic rings. The third-order valence-corrected chi connectivity index (χ3v) is 17.9. The maximum atomic E-state index is 2.68. The van der Waals surface area contributed by atoms with Crippen LogP contribution in [0.3, 0.4) is 0 Å². The molecular formula is C73H82BN3. The minimum atomic E-state index is -0.0375. The lowest BCUT2D eigenvalue weighted by Gasteiger charge is -2.48. The van der Waals surface area contributed by atoms with Gasteiger partial charge in [-0.3, -0.25) is 0 Å². The molecule has 0 saturated heterocycles. The van der Waals surface area contributed by atoms with E-state index in [1.54, 1.807) is 0 Å². The van der Waals surface area contributed by atoms with Gasteiger partial charge >= 0.3 is 0 Å². The first-order valence-corrected chi connectivity index (χ1v) is 28.5. The normalized spacial score (nSPS) is 15.4. The standard InChI is InChI=1S/C73H82BN3/c1-45-37-64-66-65(38-45)77(67-46(2)23-22-24-47(67)3)63-44-58-57(72(15,16)35-36-73(58,17)18)43-60(63)74(66)59-33-32-55(42-62(59)76(64)68-48(4)39-53(40-49(68)5)71(12,13)14)75(54-30-27-51(28-31-54)69(6,7)8)61-34-29-52(70(9,10)11)41-56(61)50-25-20-19-21-26-50/h19-34,37-44H,35-36H2,1-18H3. The van der Waals surface area contributed by atoms with Gasteiger partial charge in [0.1, 0.15) is 0 Å². The van der Waals surface area contributed by atoms with Gasteiger partial charge in [0.25, 0.3) is 6.71 Å². The van der Waals surface area contributed by atoms with E-state index in [0.29, 0.717) is 0 Å². The third-order valence-electron chi connectivity index (χ3n) is 17.9. The number of benzene rings is 8. The van der Waals surface area contributed by atoms with E-state index < -0.39 is 0 Å². The van der Waals surface area contributed by atoms with Crippen LogP contribution in [0.25, 0.3) is 11.1 Å². The van der Waals surface area contributed by atoms with Gasteiger partial charge in [-0.25, -0.2) is 0 Å². The lowest BCUT2D eigenvalue weighted by Crippen LogP contribution is -2.62. The topological polar surface area (TPSA) is 9.72 Å². The maximum Gasteiger partial charge on any atom is 0.252 e. The number of aryl methyl sites for hydroxylation is 5. The van der Waals surface area contributed by atoms with Crippen LogP contribution in [-0.2, 0) is 27.1 Å². The van der Waals surface area contributed by atoms with Gasteiger partial charge in [0.05, 0.1) is 17.1 Å². The number of nitrogens with zero attached hydrogens (tertiary/aromatic N) is 3. The molecule has 0 fully saturated rings. The van der Waals surface area contributed by atoms with Crippen molar-refractivity contribution in [3.63, 3.8) is 0 Å². The molecule has 3 nitrogen and oxygen atoms in total.